The highest BCUT2D eigenvalue weighted by molar-refractivity contribution is 7.89. The Kier molecular flexibility index (Phi) is 3.26. The summed E-state index contributed by atoms with van der Waals surface area (Å²) in [5, 5.41) is 0.864. The zero-order valence-corrected chi connectivity index (χ0v) is 12.5. The van der Waals surface area contributed by atoms with Gasteiger partial charge in [-0.1, -0.05) is 25.1 Å². The smallest absolute Gasteiger partial charge is 0.245 e. The maximum Gasteiger partial charge on any atom is 0.245 e. The lowest BCUT2D eigenvalue weighted by molar-refractivity contribution is 0.421. The minimum absolute atomic E-state index is 0.171. The molecule has 1 aromatic heterocycles. The summed E-state index contributed by atoms with van der Waals surface area (Å²) in [6.45, 7) is 4.27. The van der Waals surface area contributed by atoms with Crippen molar-refractivity contribution < 1.29 is 8.42 Å². The van der Waals surface area contributed by atoms with Crippen LogP contribution in [0, 0.1) is 6.92 Å². The first kappa shape index (κ1) is 13.5. The number of para-hydroxylation sites is 1. The first-order valence-electron chi connectivity index (χ1n) is 6.92. The number of pyridine rings is 1. The zero-order chi connectivity index (χ0) is 14.3. The van der Waals surface area contributed by atoms with E-state index in [2.05, 4.69) is 4.98 Å². The minimum Gasteiger partial charge on any atom is -0.252 e. The molecule has 0 saturated heterocycles. The first-order valence-corrected chi connectivity index (χ1v) is 8.36. The average molecular weight is 290 g/mol. The molecule has 1 fully saturated rings. The molecule has 2 aromatic rings. The molecule has 106 valence electrons. The predicted octanol–water partition coefficient (Wildman–Crippen LogP) is 2.72. The molecule has 0 amide bonds. The van der Waals surface area contributed by atoms with Gasteiger partial charge < -0.3 is 0 Å². The van der Waals surface area contributed by atoms with E-state index in [0.29, 0.717) is 17.0 Å². The van der Waals surface area contributed by atoms with Crippen LogP contribution in [0.3, 0.4) is 0 Å². The van der Waals surface area contributed by atoms with Gasteiger partial charge in [0.1, 0.15) is 4.90 Å². The number of nitrogens with zero attached hydrogens (tertiary/aromatic N) is 2. The Hall–Kier alpha value is -1.46. The average Bonchev–Trinajstić information content (AvgIpc) is 3.23. The molecule has 1 saturated carbocycles. The van der Waals surface area contributed by atoms with E-state index >= 15 is 0 Å². The van der Waals surface area contributed by atoms with Crippen molar-refractivity contribution in [3.63, 3.8) is 0 Å². The van der Waals surface area contributed by atoms with Crippen molar-refractivity contribution in [1.29, 1.82) is 0 Å². The number of hydrogen-bond acceptors (Lipinski definition) is 3. The van der Waals surface area contributed by atoms with Crippen LogP contribution in [0.25, 0.3) is 10.9 Å². The molecule has 0 N–H and O–H groups in total. The molecule has 5 heteroatoms. The Morgan fingerprint density at radius 2 is 2.00 bits per heavy atom. The quantitative estimate of drug-likeness (QED) is 0.870. The molecule has 1 aliphatic rings. The van der Waals surface area contributed by atoms with E-state index in [1.807, 2.05) is 32.0 Å². The van der Waals surface area contributed by atoms with Crippen LogP contribution in [0.4, 0.5) is 0 Å². The summed E-state index contributed by atoms with van der Waals surface area (Å²) >= 11 is 0. The van der Waals surface area contributed by atoms with Crippen LogP contribution in [-0.4, -0.2) is 30.3 Å². The molecule has 0 aliphatic heterocycles. The molecule has 0 bridgehead atoms. The zero-order valence-electron chi connectivity index (χ0n) is 11.7. The standard InChI is InChI=1S/C15H18N2O2S/c1-3-17(13-9-10-13)20(18,19)14-6-4-5-12-8-7-11(2)16-15(12)14/h4-8,13H,3,9-10H2,1-2H3. The Bertz CT molecular complexity index is 752. The normalized spacial score (nSPS) is 15.9. The van der Waals surface area contributed by atoms with E-state index in [0.717, 1.165) is 23.9 Å². The lowest BCUT2D eigenvalue weighted by Crippen LogP contribution is -2.33. The Balaban J connectivity index is 2.20. The van der Waals surface area contributed by atoms with E-state index in [-0.39, 0.29) is 6.04 Å². The van der Waals surface area contributed by atoms with Crippen molar-refractivity contribution in [3.8, 4) is 0 Å². The predicted molar refractivity (Wildman–Crippen MR) is 79.1 cm³/mol. The van der Waals surface area contributed by atoms with E-state index in [9.17, 15) is 8.42 Å². The molecule has 1 aromatic carbocycles. The van der Waals surface area contributed by atoms with Crippen LogP contribution in [-0.2, 0) is 10.0 Å². The summed E-state index contributed by atoms with van der Waals surface area (Å²) in [4.78, 5) is 4.76. The molecule has 3 rings (SSSR count). The summed E-state index contributed by atoms with van der Waals surface area (Å²) in [5.41, 5.74) is 1.40. The third-order valence-electron chi connectivity index (χ3n) is 3.67. The van der Waals surface area contributed by atoms with Crippen molar-refractivity contribution in [2.45, 2.75) is 37.6 Å². The maximum atomic E-state index is 12.9. The molecule has 1 heterocycles. The molecule has 1 aliphatic carbocycles. The third-order valence-corrected chi connectivity index (χ3v) is 5.73. The molecule has 20 heavy (non-hydrogen) atoms. The van der Waals surface area contributed by atoms with Gasteiger partial charge in [-0.15, -0.1) is 0 Å². The van der Waals surface area contributed by atoms with Gasteiger partial charge >= 0.3 is 0 Å². The molecule has 0 unspecified atom stereocenters. The number of aryl methyl sites for hydroxylation is 1. The number of sulfonamides is 1. The number of fused-ring (bicyclic) bond motifs is 1. The fraction of sp³-hybridized carbons (Fsp3) is 0.400. The SMILES string of the molecule is CCN(C1CC1)S(=O)(=O)c1cccc2ccc(C)nc12. The fourth-order valence-corrected chi connectivity index (χ4v) is 4.39. The molecular formula is C15H18N2O2S. The first-order chi connectivity index (χ1) is 9.54. The second-order valence-corrected chi connectivity index (χ2v) is 7.08. The van der Waals surface area contributed by atoms with Gasteiger partial charge in [0.15, 0.2) is 0 Å². The van der Waals surface area contributed by atoms with Gasteiger partial charge in [0.05, 0.1) is 5.52 Å². The number of hydrogen-bond donors (Lipinski definition) is 0. The molecule has 4 nitrogen and oxygen atoms in total. The minimum atomic E-state index is -3.46. The summed E-state index contributed by atoms with van der Waals surface area (Å²) in [7, 11) is -3.46. The van der Waals surface area contributed by atoms with Crippen LogP contribution >= 0.6 is 0 Å². The molecular weight excluding hydrogens is 272 g/mol. The summed E-state index contributed by atoms with van der Waals surface area (Å²) in [6, 6.07) is 9.34. The summed E-state index contributed by atoms with van der Waals surface area (Å²) in [6.07, 6.45) is 1.93. The monoisotopic (exact) mass is 290 g/mol. The van der Waals surface area contributed by atoms with Crippen LogP contribution in [0.2, 0.25) is 0 Å². The van der Waals surface area contributed by atoms with Crippen molar-refractivity contribution in [2.75, 3.05) is 6.54 Å². The Morgan fingerprint density at radius 3 is 2.65 bits per heavy atom. The Labute approximate surface area is 119 Å². The highest BCUT2D eigenvalue weighted by Crippen LogP contribution is 2.33. The van der Waals surface area contributed by atoms with Gasteiger partial charge in [-0.2, -0.15) is 4.31 Å². The molecule has 0 radical (unpaired) electrons. The van der Waals surface area contributed by atoms with Crippen LogP contribution in [0.15, 0.2) is 35.2 Å². The van der Waals surface area contributed by atoms with E-state index < -0.39 is 10.0 Å². The van der Waals surface area contributed by atoms with Crippen molar-refractivity contribution >= 4 is 20.9 Å². The van der Waals surface area contributed by atoms with Crippen LogP contribution < -0.4 is 0 Å². The number of benzene rings is 1. The van der Waals surface area contributed by atoms with Crippen LogP contribution in [0.5, 0.6) is 0 Å². The number of rotatable bonds is 4. The molecule has 0 spiro atoms. The van der Waals surface area contributed by atoms with Gasteiger partial charge in [-0.3, -0.25) is 4.98 Å². The van der Waals surface area contributed by atoms with Gasteiger partial charge in [-0.05, 0) is 31.9 Å². The maximum absolute atomic E-state index is 12.9. The molecule has 0 atom stereocenters. The second kappa shape index (κ2) is 4.82. The van der Waals surface area contributed by atoms with Crippen molar-refractivity contribution in [1.82, 2.24) is 9.29 Å². The largest absolute Gasteiger partial charge is 0.252 e. The lowest BCUT2D eigenvalue weighted by atomic mass is 10.2. The summed E-state index contributed by atoms with van der Waals surface area (Å²) in [5.74, 6) is 0. The van der Waals surface area contributed by atoms with E-state index in [4.69, 9.17) is 0 Å². The van der Waals surface area contributed by atoms with E-state index in [1.54, 1.807) is 16.4 Å². The number of aromatic nitrogens is 1. The highest BCUT2D eigenvalue weighted by Gasteiger charge is 2.37. The van der Waals surface area contributed by atoms with Crippen molar-refractivity contribution in [2.24, 2.45) is 0 Å². The summed E-state index contributed by atoms with van der Waals surface area (Å²) < 4.78 is 27.3. The topological polar surface area (TPSA) is 50.3 Å². The third kappa shape index (κ3) is 2.21. The van der Waals surface area contributed by atoms with Gasteiger partial charge in [0.25, 0.3) is 0 Å². The van der Waals surface area contributed by atoms with Crippen LogP contribution in [0.1, 0.15) is 25.5 Å². The van der Waals surface area contributed by atoms with Gasteiger partial charge in [0.2, 0.25) is 10.0 Å². The second-order valence-electron chi connectivity index (χ2n) is 5.22. The van der Waals surface area contributed by atoms with Gasteiger partial charge in [-0.25, -0.2) is 8.42 Å². The Morgan fingerprint density at radius 1 is 1.25 bits per heavy atom. The fourth-order valence-electron chi connectivity index (χ4n) is 2.54. The highest BCUT2D eigenvalue weighted by atomic mass is 32.2. The van der Waals surface area contributed by atoms with Gasteiger partial charge in [0, 0.05) is 23.7 Å². The lowest BCUT2D eigenvalue weighted by Gasteiger charge is -2.20. The van der Waals surface area contributed by atoms with E-state index in [1.165, 1.54) is 0 Å². The van der Waals surface area contributed by atoms with Crippen molar-refractivity contribution in [3.05, 3.63) is 36.0 Å².